The van der Waals surface area contributed by atoms with Crippen molar-refractivity contribution in [1.82, 2.24) is 0 Å². The van der Waals surface area contributed by atoms with Crippen molar-refractivity contribution in [2.45, 2.75) is 97.8 Å². The first kappa shape index (κ1) is 41.8. The Morgan fingerprint density at radius 2 is 1.15 bits per heavy atom. The van der Waals surface area contributed by atoms with Gasteiger partial charge in [0, 0.05) is 0 Å². The van der Waals surface area contributed by atoms with Gasteiger partial charge in [0.25, 0.3) is 0 Å². The molecule has 4 bridgehead atoms. The predicted molar refractivity (Wildman–Crippen MR) is 213 cm³/mol. The summed E-state index contributed by atoms with van der Waals surface area (Å²) in [7, 11) is 0. The van der Waals surface area contributed by atoms with Gasteiger partial charge in [0.1, 0.15) is 0 Å². The Labute approximate surface area is 348 Å². The van der Waals surface area contributed by atoms with Crippen molar-refractivity contribution in [3.8, 4) is 11.1 Å². The van der Waals surface area contributed by atoms with Gasteiger partial charge in [-0.1, -0.05) is 54.2 Å². The fourth-order valence-electron chi connectivity index (χ4n) is 9.73. The van der Waals surface area contributed by atoms with Crippen LogP contribution in [0, 0.1) is 47.6 Å². The molecule has 6 aliphatic rings. The Balaban J connectivity index is 0.000000155. The van der Waals surface area contributed by atoms with Crippen LogP contribution in [0.1, 0.15) is 114 Å². The fraction of sp³-hybridized carbons (Fsp3) is 0.420. The van der Waals surface area contributed by atoms with Gasteiger partial charge in [-0.3, -0.25) is 6.08 Å². The normalized spacial score (nSPS) is 24.3. The van der Waals surface area contributed by atoms with Crippen LogP contribution >= 0.6 is 0 Å². The Morgan fingerprint density at radius 1 is 0.642 bits per heavy atom. The van der Waals surface area contributed by atoms with Gasteiger partial charge in [0.2, 0.25) is 0 Å². The molecule has 0 N–H and O–H groups in total. The van der Waals surface area contributed by atoms with E-state index in [1.165, 1.54) is 97.6 Å². The number of hydrogen-bond acceptors (Lipinski definition) is 0. The van der Waals surface area contributed by atoms with Crippen molar-refractivity contribution in [2.24, 2.45) is 35.5 Å². The van der Waals surface area contributed by atoms with Crippen LogP contribution in [-0.2, 0) is 41.5 Å². The molecule has 0 spiro atoms. The first-order valence-corrected chi connectivity index (χ1v) is 20.8. The smallest absolute Gasteiger partial charge is 0.0253 e. The number of hydrogen-bond donors (Lipinski definition) is 0. The molecule has 0 radical (unpaired) electrons. The summed E-state index contributed by atoms with van der Waals surface area (Å²) in [6.07, 6.45) is 17.0. The standard InChI is InChI=1S/C21H26.C16H21.C13H9.2ClH.Zr/c1-20(2,3)18-11-7-16(8-12-18)15-17-9-13-19(14-10-17)21(4,5)6;1-10-2-3-13(4-10)16-14-6-11-5-12(8-14)9-15(16)7-11;1-3-7-12-10(5-1)9-11-6-2-4-8-13(11)12;;;/h7-14H,1-6H3;3-4,10-12,14-16H,5-9H2,1H3;1-5,7-8H,9H2;2*1H;/q;2*-1;;;+2/p-2. The Morgan fingerprint density at radius 3 is 1.64 bits per heavy atom. The topological polar surface area (TPSA) is 0 Å². The molecule has 0 nitrogen and oxygen atoms in total. The van der Waals surface area contributed by atoms with Crippen molar-refractivity contribution in [2.75, 3.05) is 0 Å². The third-order valence-corrected chi connectivity index (χ3v) is 13.7. The zero-order valence-corrected chi connectivity index (χ0v) is 36.7. The number of rotatable bonds is 3. The molecule has 4 fully saturated rings. The molecular formula is C50H56Cl2Zr-2. The monoisotopic (exact) mass is 816 g/mol. The van der Waals surface area contributed by atoms with E-state index in [4.69, 9.17) is 0 Å². The van der Waals surface area contributed by atoms with E-state index in [1.807, 2.05) is 6.07 Å². The maximum Gasteiger partial charge on any atom is -0.0253 e. The second-order valence-electron chi connectivity index (χ2n) is 18.1. The van der Waals surface area contributed by atoms with Crippen LogP contribution in [0.5, 0.6) is 0 Å². The summed E-state index contributed by atoms with van der Waals surface area (Å²) in [6, 6.07) is 36.2. The van der Waals surface area contributed by atoms with Gasteiger partial charge in [-0.15, -0.1) is 5.56 Å². The van der Waals surface area contributed by atoms with Crippen molar-refractivity contribution in [3.05, 3.63) is 154 Å². The van der Waals surface area contributed by atoms with Crippen molar-refractivity contribution >= 4 is 3.21 Å². The van der Waals surface area contributed by atoms with E-state index < -0.39 is 0 Å². The summed E-state index contributed by atoms with van der Waals surface area (Å²) < 4.78 is 1.42. The van der Waals surface area contributed by atoms with Crippen LogP contribution in [0.25, 0.3) is 11.1 Å². The van der Waals surface area contributed by atoms with E-state index in [1.54, 1.807) is 12.0 Å². The van der Waals surface area contributed by atoms with E-state index in [-0.39, 0.29) is 35.6 Å². The largest absolute Gasteiger partial charge is 1.00 e. The van der Waals surface area contributed by atoms with Crippen LogP contribution in [0.15, 0.2) is 109 Å². The van der Waals surface area contributed by atoms with Crippen LogP contribution in [-0.4, -0.2) is 3.21 Å². The van der Waals surface area contributed by atoms with E-state index in [2.05, 4.69) is 158 Å². The van der Waals surface area contributed by atoms with E-state index in [9.17, 15) is 0 Å². The van der Waals surface area contributed by atoms with Crippen LogP contribution in [0.4, 0.5) is 0 Å². The molecule has 4 aromatic carbocycles. The zero-order valence-electron chi connectivity index (χ0n) is 32.8. The maximum atomic E-state index is 3.46. The number of fused-ring (bicyclic) bond motifs is 3. The van der Waals surface area contributed by atoms with E-state index in [0.717, 1.165) is 36.0 Å². The molecule has 0 amide bonds. The molecule has 0 aromatic heterocycles. The molecule has 276 valence electrons. The van der Waals surface area contributed by atoms with Crippen LogP contribution in [0.2, 0.25) is 0 Å². The van der Waals surface area contributed by atoms with Gasteiger partial charge < -0.3 is 24.8 Å². The van der Waals surface area contributed by atoms with Crippen molar-refractivity contribution in [3.63, 3.8) is 0 Å². The van der Waals surface area contributed by atoms with Gasteiger partial charge in [-0.05, 0) is 62.2 Å². The van der Waals surface area contributed by atoms with Gasteiger partial charge in [0.05, 0.1) is 0 Å². The SMILES string of the molecule is CC(C)(C)c1ccc([C](=[Zr+2])c2ccc(C(C)(C)C)cc2)cc1.CC1[C-]=CC(C2C3CC4CC(C3)CC2C4)=C1.[Cl-].[Cl-].[c-]1cccc2c1Cc1ccccc1-2. The number of halogens is 2. The van der Waals surface area contributed by atoms with Gasteiger partial charge >= 0.3 is 151 Å². The third kappa shape index (κ3) is 9.57. The maximum absolute atomic E-state index is 3.46. The quantitative estimate of drug-likeness (QED) is 0.184. The Bertz CT molecular complexity index is 1780. The molecule has 4 aromatic rings. The molecule has 0 aliphatic heterocycles. The molecule has 3 heteroatoms. The Hall–Kier alpha value is -2.31. The molecule has 10 rings (SSSR count). The Kier molecular flexibility index (Phi) is 13.6. The summed E-state index contributed by atoms with van der Waals surface area (Å²) in [4.78, 5) is 0. The van der Waals surface area contributed by atoms with Gasteiger partial charge in [-0.25, -0.2) is 6.08 Å². The van der Waals surface area contributed by atoms with Gasteiger partial charge in [-0.2, -0.15) is 41.5 Å². The molecule has 1 atom stereocenters. The summed E-state index contributed by atoms with van der Waals surface area (Å²) in [6.45, 7) is 15.8. The van der Waals surface area contributed by atoms with Crippen molar-refractivity contribution in [1.29, 1.82) is 0 Å². The average Bonchev–Trinajstić information content (AvgIpc) is 3.71. The van der Waals surface area contributed by atoms with E-state index >= 15 is 0 Å². The first-order valence-electron chi connectivity index (χ1n) is 19.5. The minimum Gasteiger partial charge on any atom is -1.00 e. The molecule has 1 unspecified atom stereocenters. The molecule has 4 saturated carbocycles. The van der Waals surface area contributed by atoms with Crippen LogP contribution in [0.3, 0.4) is 0 Å². The molecule has 6 aliphatic carbocycles. The first-order chi connectivity index (χ1) is 24.3. The predicted octanol–water partition coefficient (Wildman–Crippen LogP) is 6.46. The second-order valence-corrected chi connectivity index (χ2v) is 19.4. The summed E-state index contributed by atoms with van der Waals surface area (Å²) in [5.74, 6) is 5.77. The fourth-order valence-corrected chi connectivity index (χ4v) is 10.5. The summed E-state index contributed by atoms with van der Waals surface area (Å²) >= 11 is 1.46. The second kappa shape index (κ2) is 17.2. The summed E-state index contributed by atoms with van der Waals surface area (Å²) in [5, 5.41) is 0. The molecule has 53 heavy (non-hydrogen) atoms. The number of allylic oxidation sites excluding steroid dienone is 4. The number of benzene rings is 4. The van der Waals surface area contributed by atoms with Gasteiger partial charge in [0.15, 0.2) is 0 Å². The van der Waals surface area contributed by atoms with Crippen molar-refractivity contribution < 1.29 is 49.0 Å². The summed E-state index contributed by atoms with van der Waals surface area (Å²) in [5.41, 5.74) is 13.1. The molecule has 0 heterocycles. The van der Waals surface area contributed by atoms with E-state index in [0.29, 0.717) is 5.92 Å². The minimum atomic E-state index is 0. The third-order valence-electron chi connectivity index (χ3n) is 12.3. The van der Waals surface area contributed by atoms with Crippen LogP contribution < -0.4 is 24.8 Å². The molecular weight excluding hydrogens is 763 g/mol. The minimum absolute atomic E-state index is 0. The average molecular weight is 819 g/mol. The molecule has 0 saturated heterocycles. The zero-order chi connectivity index (χ0) is 35.9.